The molecule has 0 bridgehead atoms. The van der Waals surface area contributed by atoms with E-state index in [1.807, 2.05) is 12.3 Å². The van der Waals surface area contributed by atoms with Gasteiger partial charge in [0.1, 0.15) is 0 Å². The molecular formula is C23H27N3. The second kappa shape index (κ2) is 8.05. The van der Waals surface area contributed by atoms with Gasteiger partial charge in [0.05, 0.1) is 0 Å². The Hall–Kier alpha value is -2.81. The van der Waals surface area contributed by atoms with Crippen molar-refractivity contribution in [2.45, 2.75) is 26.2 Å². The topological polar surface area (TPSA) is 37.0 Å². The van der Waals surface area contributed by atoms with Gasteiger partial charge in [0, 0.05) is 41.8 Å². The molecule has 0 radical (unpaired) electrons. The molecular weight excluding hydrogens is 318 g/mol. The van der Waals surface area contributed by atoms with E-state index in [4.69, 9.17) is 0 Å². The fourth-order valence-electron chi connectivity index (χ4n) is 2.90. The van der Waals surface area contributed by atoms with E-state index in [9.17, 15) is 0 Å². The number of nitrogens with one attached hydrogen (secondary N) is 2. The highest BCUT2D eigenvalue weighted by molar-refractivity contribution is 5.47. The van der Waals surface area contributed by atoms with Crippen LogP contribution in [0.5, 0.6) is 0 Å². The summed E-state index contributed by atoms with van der Waals surface area (Å²) in [5.41, 5.74) is 5.74. The maximum absolute atomic E-state index is 4.62. The Morgan fingerprint density at radius 2 is 1.23 bits per heavy atom. The van der Waals surface area contributed by atoms with Gasteiger partial charge in [-0.3, -0.25) is 4.98 Å². The van der Waals surface area contributed by atoms with Crippen LogP contribution < -0.4 is 10.6 Å². The van der Waals surface area contributed by atoms with Gasteiger partial charge in [0.2, 0.25) is 0 Å². The molecule has 0 aliphatic carbocycles. The van der Waals surface area contributed by atoms with Crippen molar-refractivity contribution in [3.63, 3.8) is 0 Å². The normalized spacial score (nSPS) is 11.2. The van der Waals surface area contributed by atoms with Gasteiger partial charge in [-0.25, -0.2) is 0 Å². The van der Waals surface area contributed by atoms with E-state index in [0.717, 1.165) is 30.2 Å². The summed E-state index contributed by atoms with van der Waals surface area (Å²) in [5, 5.41) is 7.15. The molecule has 0 saturated carbocycles. The van der Waals surface area contributed by atoms with E-state index in [0.29, 0.717) is 0 Å². The van der Waals surface area contributed by atoms with Crippen molar-refractivity contribution in [2.75, 3.05) is 23.7 Å². The van der Waals surface area contributed by atoms with Gasteiger partial charge in [-0.05, 0) is 50.2 Å². The van der Waals surface area contributed by atoms with Crippen LogP contribution in [0.2, 0.25) is 0 Å². The van der Waals surface area contributed by atoms with E-state index >= 15 is 0 Å². The van der Waals surface area contributed by atoms with Crippen molar-refractivity contribution in [3.05, 3.63) is 89.7 Å². The van der Waals surface area contributed by atoms with Gasteiger partial charge >= 0.3 is 0 Å². The summed E-state index contributed by atoms with van der Waals surface area (Å²) in [6, 6.07) is 23.1. The molecule has 26 heavy (non-hydrogen) atoms. The van der Waals surface area contributed by atoms with Gasteiger partial charge < -0.3 is 10.6 Å². The first kappa shape index (κ1) is 18.0. The number of aromatic nitrogens is 1. The van der Waals surface area contributed by atoms with Crippen LogP contribution in [-0.4, -0.2) is 18.1 Å². The van der Waals surface area contributed by atoms with Gasteiger partial charge in [-0.2, -0.15) is 0 Å². The largest absolute Gasteiger partial charge is 0.384 e. The van der Waals surface area contributed by atoms with E-state index in [1.54, 1.807) is 0 Å². The zero-order chi connectivity index (χ0) is 18.4. The van der Waals surface area contributed by atoms with Gasteiger partial charge in [0.25, 0.3) is 0 Å². The molecule has 0 unspecified atom stereocenters. The fraction of sp³-hybridized carbons (Fsp3) is 0.261. The number of hydrogen-bond acceptors (Lipinski definition) is 3. The Morgan fingerprint density at radius 3 is 1.65 bits per heavy atom. The molecule has 2 aromatic carbocycles. The molecule has 1 aromatic heterocycles. The average Bonchev–Trinajstić information content (AvgIpc) is 2.68. The Bertz CT molecular complexity index is 759. The van der Waals surface area contributed by atoms with Crippen molar-refractivity contribution in [2.24, 2.45) is 0 Å². The van der Waals surface area contributed by atoms with Gasteiger partial charge in [0.15, 0.2) is 0 Å². The van der Waals surface area contributed by atoms with Crippen LogP contribution in [0.25, 0.3) is 0 Å². The summed E-state index contributed by atoms with van der Waals surface area (Å²) in [4.78, 5) is 4.62. The molecule has 0 fully saturated rings. The summed E-state index contributed by atoms with van der Waals surface area (Å²) in [5.74, 6) is 0. The molecule has 1 heterocycles. The molecule has 134 valence electrons. The molecule has 0 atom stereocenters. The summed E-state index contributed by atoms with van der Waals surface area (Å²) in [6.45, 7) is 8.05. The third-order valence-electron chi connectivity index (χ3n) is 4.75. The molecule has 3 aromatic rings. The highest BCUT2D eigenvalue weighted by Crippen LogP contribution is 2.24. The molecule has 3 rings (SSSR count). The Labute approximate surface area is 156 Å². The molecule has 0 aliphatic heterocycles. The second-order valence-corrected chi connectivity index (χ2v) is 7.21. The van der Waals surface area contributed by atoms with Crippen LogP contribution >= 0.6 is 0 Å². The summed E-state index contributed by atoms with van der Waals surface area (Å²) >= 11 is 0. The number of benzene rings is 2. The summed E-state index contributed by atoms with van der Waals surface area (Å²) < 4.78 is 0. The van der Waals surface area contributed by atoms with Crippen molar-refractivity contribution in [1.82, 2.24) is 4.98 Å². The number of nitrogens with zero attached hydrogens (tertiary/aromatic N) is 1. The minimum Gasteiger partial charge on any atom is -0.384 e. The Morgan fingerprint density at radius 1 is 0.731 bits per heavy atom. The number of anilines is 2. The van der Waals surface area contributed by atoms with Gasteiger partial charge in [-0.1, -0.05) is 48.4 Å². The number of rotatable bonds is 7. The first-order valence-electron chi connectivity index (χ1n) is 9.08. The maximum atomic E-state index is 4.62. The lowest BCUT2D eigenvalue weighted by Crippen LogP contribution is -2.39. The Kier molecular flexibility index (Phi) is 5.57. The lowest BCUT2D eigenvalue weighted by molar-refractivity contribution is 0.511. The number of pyridine rings is 1. The van der Waals surface area contributed by atoms with Crippen molar-refractivity contribution in [1.29, 1.82) is 0 Å². The van der Waals surface area contributed by atoms with Crippen molar-refractivity contribution in [3.8, 4) is 0 Å². The Balaban J connectivity index is 1.75. The van der Waals surface area contributed by atoms with Gasteiger partial charge in [-0.15, -0.1) is 0 Å². The smallest absolute Gasteiger partial charge is 0.0497 e. The lowest BCUT2D eigenvalue weighted by Gasteiger charge is -2.30. The molecule has 0 aliphatic rings. The second-order valence-electron chi connectivity index (χ2n) is 7.21. The molecule has 2 N–H and O–H groups in total. The average molecular weight is 345 g/mol. The minimum atomic E-state index is -0.142. The monoisotopic (exact) mass is 345 g/mol. The fourth-order valence-corrected chi connectivity index (χ4v) is 2.90. The third kappa shape index (κ3) is 4.63. The molecule has 0 saturated heterocycles. The number of hydrogen-bond donors (Lipinski definition) is 2. The molecule has 0 spiro atoms. The molecule has 0 amide bonds. The molecule has 3 nitrogen and oxygen atoms in total. The van der Waals surface area contributed by atoms with Crippen molar-refractivity contribution >= 4 is 11.4 Å². The quantitative estimate of drug-likeness (QED) is 0.619. The van der Waals surface area contributed by atoms with Crippen molar-refractivity contribution < 1.29 is 0 Å². The van der Waals surface area contributed by atoms with E-state index in [2.05, 4.69) is 97.1 Å². The van der Waals surface area contributed by atoms with E-state index in [1.165, 1.54) is 11.1 Å². The maximum Gasteiger partial charge on any atom is 0.0497 e. The first-order chi connectivity index (χ1) is 12.5. The summed E-state index contributed by atoms with van der Waals surface area (Å²) in [7, 11) is 0. The minimum absolute atomic E-state index is 0.142. The van der Waals surface area contributed by atoms with E-state index in [-0.39, 0.29) is 5.41 Å². The first-order valence-corrected chi connectivity index (χ1v) is 9.08. The standard InChI is InChI=1S/C23H27N3/c1-18-7-11-20(12-8-18)25-16-23(3,22-6-4-5-15-24-22)17-26-21-13-9-19(2)10-14-21/h4-15,25-26H,16-17H2,1-3H3. The van der Waals surface area contributed by atoms with Crippen LogP contribution in [0.3, 0.4) is 0 Å². The lowest BCUT2D eigenvalue weighted by atomic mass is 9.85. The zero-order valence-electron chi connectivity index (χ0n) is 15.8. The van der Waals surface area contributed by atoms with E-state index < -0.39 is 0 Å². The van der Waals surface area contributed by atoms with Crippen LogP contribution in [-0.2, 0) is 5.41 Å². The zero-order valence-corrected chi connectivity index (χ0v) is 15.8. The third-order valence-corrected chi connectivity index (χ3v) is 4.75. The predicted molar refractivity (Wildman–Crippen MR) is 111 cm³/mol. The van der Waals surface area contributed by atoms with Crippen LogP contribution in [0.1, 0.15) is 23.7 Å². The van der Waals surface area contributed by atoms with Crippen LogP contribution in [0, 0.1) is 13.8 Å². The number of aryl methyl sites for hydroxylation is 2. The SMILES string of the molecule is Cc1ccc(NCC(C)(CNc2ccc(C)cc2)c2ccccn2)cc1. The highest BCUT2D eigenvalue weighted by atomic mass is 14.9. The molecule has 3 heteroatoms. The predicted octanol–water partition coefficient (Wildman–Crippen LogP) is 5.18. The highest BCUT2D eigenvalue weighted by Gasteiger charge is 2.28. The van der Waals surface area contributed by atoms with Crippen LogP contribution in [0.15, 0.2) is 72.9 Å². The van der Waals surface area contributed by atoms with Crippen LogP contribution in [0.4, 0.5) is 11.4 Å². The summed E-state index contributed by atoms with van der Waals surface area (Å²) in [6.07, 6.45) is 1.87.